The molecule has 1 amide bonds. The quantitative estimate of drug-likeness (QED) is 0.418. The number of nitrogens with zero attached hydrogens (tertiary/aromatic N) is 5. The molecule has 2 saturated heterocycles. The van der Waals surface area contributed by atoms with Crippen LogP contribution < -0.4 is 5.32 Å². The summed E-state index contributed by atoms with van der Waals surface area (Å²) in [7, 11) is 0. The minimum absolute atomic E-state index is 0.0800. The van der Waals surface area contributed by atoms with Crippen LogP contribution in [0.15, 0.2) is 36.7 Å². The molecule has 1 saturated carbocycles. The highest BCUT2D eigenvalue weighted by Crippen LogP contribution is 2.44. The Morgan fingerprint density at radius 1 is 1.08 bits per heavy atom. The van der Waals surface area contributed by atoms with Crippen LogP contribution in [0.2, 0.25) is 5.28 Å². The maximum atomic E-state index is 13.4. The zero-order valence-electron chi connectivity index (χ0n) is 19.7. The number of aliphatic hydroxyl groups excluding tert-OH is 2. The lowest BCUT2D eigenvalue weighted by molar-refractivity contribution is -0.135. The van der Waals surface area contributed by atoms with Crippen molar-refractivity contribution in [3.8, 4) is 0 Å². The van der Waals surface area contributed by atoms with Crippen molar-refractivity contribution >= 4 is 46.3 Å². The molecule has 0 bridgehead atoms. The van der Waals surface area contributed by atoms with E-state index in [4.69, 9.17) is 11.6 Å². The van der Waals surface area contributed by atoms with Crippen LogP contribution >= 0.6 is 23.4 Å². The second-order valence-corrected chi connectivity index (χ2v) is 11.6. The molecular weight excluding hydrogens is 500 g/mol. The number of carbonyl (C=O) groups is 1. The molecule has 2 aliphatic heterocycles. The number of imidazole rings is 1. The van der Waals surface area contributed by atoms with Gasteiger partial charge in [0.05, 0.1) is 6.33 Å². The summed E-state index contributed by atoms with van der Waals surface area (Å²) in [5.41, 5.74) is 2.35. The molecule has 6 rings (SSSR count). The average Bonchev–Trinajstić information content (AvgIpc) is 3.53. The summed E-state index contributed by atoms with van der Waals surface area (Å²) >= 11 is 7.44. The Morgan fingerprint density at radius 3 is 2.56 bits per heavy atom. The van der Waals surface area contributed by atoms with Crippen molar-refractivity contribution < 1.29 is 15.0 Å². The molecule has 2 aromatic heterocycles. The molecule has 1 aromatic carbocycles. The van der Waals surface area contributed by atoms with Crippen LogP contribution in [0.25, 0.3) is 11.2 Å². The van der Waals surface area contributed by atoms with E-state index in [1.807, 2.05) is 11.0 Å². The number of benzene rings is 1. The lowest BCUT2D eigenvalue weighted by Gasteiger charge is -2.34. The summed E-state index contributed by atoms with van der Waals surface area (Å²) in [5.74, 6) is 0.979. The van der Waals surface area contributed by atoms with Crippen LogP contribution in [-0.2, 0) is 11.2 Å². The highest BCUT2D eigenvalue weighted by atomic mass is 35.5. The molecule has 36 heavy (non-hydrogen) atoms. The van der Waals surface area contributed by atoms with Gasteiger partial charge in [0.25, 0.3) is 0 Å². The van der Waals surface area contributed by atoms with Crippen molar-refractivity contribution in [2.45, 2.75) is 61.0 Å². The van der Waals surface area contributed by atoms with Crippen molar-refractivity contribution in [1.29, 1.82) is 0 Å². The monoisotopic (exact) mass is 528 g/mol. The standard InChI is InChI=1S/C25H29ClN6O3S/c26-25-29-21(28-16-6-7-16)17-22(30-25)32(13-27-17)24-19(34)18(33)20(36-24)23(35)31-10-8-15(9-11-31)12-14-4-2-1-3-5-14/h1-5,13,15-16,18-20,24,33-34H,6-12H2,(H,28,29,30)/t18-,19+,20-,24+/m0/s1. The number of aromatic nitrogens is 4. The Bertz CT molecular complexity index is 1250. The predicted molar refractivity (Wildman–Crippen MR) is 139 cm³/mol. The summed E-state index contributed by atoms with van der Waals surface area (Å²) < 4.78 is 1.69. The zero-order valence-corrected chi connectivity index (χ0v) is 21.3. The van der Waals surface area contributed by atoms with E-state index >= 15 is 0 Å². The third-order valence-electron chi connectivity index (χ3n) is 7.36. The molecule has 11 heteroatoms. The number of amides is 1. The van der Waals surface area contributed by atoms with E-state index < -0.39 is 22.8 Å². The van der Waals surface area contributed by atoms with Crippen LogP contribution in [0, 0.1) is 5.92 Å². The van der Waals surface area contributed by atoms with Gasteiger partial charge >= 0.3 is 0 Å². The van der Waals surface area contributed by atoms with E-state index in [1.165, 1.54) is 17.3 Å². The minimum atomic E-state index is -1.19. The molecule has 1 aliphatic carbocycles. The number of aliphatic hydroxyl groups is 2. The molecular formula is C25H29ClN6O3S. The highest BCUT2D eigenvalue weighted by molar-refractivity contribution is 8.01. The van der Waals surface area contributed by atoms with E-state index in [0.29, 0.717) is 42.0 Å². The van der Waals surface area contributed by atoms with Gasteiger partial charge in [0.15, 0.2) is 17.0 Å². The van der Waals surface area contributed by atoms with Crippen LogP contribution in [0.5, 0.6) is 0 Å². The Hall–Kier alpha value is -2.40. The lowest BCUT2D eigenvalue weighted by atomic mass is 9.90. The first kappa shape index (κ1) is 24.0. The number of thioether (sulfide) groups is 1. The molecule has 3 aliphatic rings. The Balaban J connectivity index is 1.15. The molecule has 3 fully saturated rings. The fourth-order valence-corrected chi connectivity index (χ4v) is 6.84. The van der Waals surface area contributed by atoms with E-state index in [9.17, 15) is 15.0 Å². The number of piperidine rings is 1. The second-order valence-electron chi connectivity index (χ2n) is 9.97. The SMILES string of the molecule is O=C([C@H]1S[C@@H](n2cnc3c(NC4CC4)nc(Cl)nc32)[C@H](O)[C@@H]1O)N1CCC(Cc2ccccc2)CC1. The van der Waals surface area contributed by atoms with Gasteiger partial charge in [-0.25, -0.2) is 4.98 Å². The molecule has 4 atom stereocenters. The first-order valence-corrected chi connectivity index (χ1v) is 13.8. The first-order chi connectivity index (χ1) is 17.5. The van der Waals surface area contributed by atoms with Gasteiger partial charge in [-0.2, -0.15) is 9.97 Å². The molecule has 0 radical (unpaired) electrons. The summed E-state index contributed by atoms with van der Waals surface area (Å²) in [5, 5.41) is 23.8. The Kier molecular flexibility index (Phi) is 6.53. The molecule has 4 heterocycles. The maximum Gasteiger partial charge on any atom is 0.238 e. The van der Waals surface area contributed by atoms with Gasteiger partial charge < -0.3 is 20.4 Å². The van der Waals surface area contributed by atoms with Gasteiger partial charge in [-0.15, -0.1) is 11.8 Å². The van der Waals surface area contributed by atoms with Crippen molar-refractivity contribution in [3.63, 3.8) is 0 Å². The normalized spacial score (nSPS) is 27.0. The van der Waals surface area contributed by atoms with Gasteiger partial charge in [-0.05, 0) is 55.2 Å². The third kappa shape index (κ3) is 4.67. The smallest absolute Gasteiger partial charge is 0.238 e. The van der Waals surface area contributed by atoms with Gasteiger partial charge in [-0.1, -0.05) is 30.3 Å². The van der Waals surface area contributed by atoms with Crippen molar-refractivity contribution in [1.82, 2.24) is 24.4 Å². The summed E-state index contributed by atoms with van der Waals surface area (Å²) in [6.07, 6.45) is 4.25. The van der Waals surface area contributed by atoms with E-state index in [2.05, 4.69) is 44.5 Å². The topological polar surface area (TPSA) is 116 Å². The van der Waals surface area contributed by atoms with E-state index in [-0.39, 0.29) is 11.2 Å². The number of fused-ring (bicyclic) bond motifs is 1. The molecule has 190 valence electrons. The summed E-state index contributed by atoms with van der Waals surface area (Å²) in [6.45, 7) is 1.32. The fourth-order valence-electron chi connectivity index (χ4n) is 5.18. The number of hydrogen-bond donors (Lipinski definition) is 3. The second kappa shape index (κ2) is 9.81. The Labute approximate surface area is 218 Å². The third-order valence-corrected chi connectivity index (χ3v) is 9.09. The lowest BCUT2D eigenvalue weighted by Crippen LogP contribution is -2.47. The molecule has 0 spiro atoms. The van der Waals surface area contributed by atoms with Gasteiger partial charge in [0.1, 0.15) is 22.8 Å². The molecule has 0 unspecified atom stereocenters. The molecule has 3 N–H and O–H groups in total. The van der Waals surface area contributed by atoms with Gasteiger partial charge in [0.2, 0.25) is 11.2 Å². The van der Waals surface area contributed by atoms with Crippen LogP contribution in [0.4, 0.5) is 5.82 Å². The van der Waals surface area contributed by atoms with E-state index in [1.54, 1.807) is 10.9 Å². The van der Waals surface area contributed by atoms with Crippen molar-refractivity contribution in [2.75, 3.05) is 18.4 Å². The Morgan fingerprint density at radius 2 is 1.83 bits per heavy atom. The van der Waals surface area contributed by atoms with Crippen molar-refractivity contribution in [3.05, 3.63) is 47.5 Å². The van der Waals surface area contributed by atoms with Gasteiger partial charge in [-0.3, -0.25) is 9.36 Å². The molecule has 3 aromatic rings. The summed E-state index contributed by atoms with van der Waals surface area (Å²) in [4.78, 5) is 28.3. The van der Waals surface area contributed by atoms with Crippen LogP contribution in [0.1, 0.15) is 36.6 Å². The number of likely N-dealkylation sites (tertiary alicyclic amines) is 1. The predicted octanol–water partition coefficient (Wildman–Crippen LogP) is 2.87. The van der Waals surface area contributed by atoms with Crippen LogP contribution in [0.3, 0.4) is 0 Å². The van der Waals surface area contributed by atoms with Crippen LogP contribution in [-0.4, -0.2) is 77.1 Å². The number of carbonyl (C=O) groups excluding carboxylic acids is 1. The number of anilines is 1. The maximum absolute atomic E-state index is 13.4. The van der Waals surface area contributed by atoms with Gasteiger partial charge in [0, 0.05) is 19.1 Å². The first-order valence-electron chi connectivity index (χ1n) is 12.5. The minimum Gasteiger partial charge on any atom is -0.389 e. The number of nitrogens with one attached hydrogen (secondary N) is 1. The summed E-state index contributed by atoms with van der Waals surface area (Å²) in [6, 6.07) is 10.8. The number of rotatable bonds is 6. The van der Waals surface area contributed by atoms with Crippen molar-refractivity contribution in [2.24, 2.45) is 5.92 Å². The average molecular weight is 529 g/mol. The highest BCUT2D eigenvalue weighted by Gasteiger charge is 2.48. The number of halogens is 1. The van der Waals surface area contributed by atoms with E-state index in [0.717, 1.165) is 32.1 Å². The number of hydrogen-bond acceptors (Lipinski definition) is 8. The largest absolute Gasteiger partial charge is 0.389 e. The fraction of sp³-hybridized carbons (Fsp3) is 0.520. The zero-order chi connectivity index (χ0) is 24.8. The molecule has 9 nitrogen and oxygen atoms in total.